The number of hydrogen-bond acceptors (Lipinski definition) is 2. The summed E-state index contributed by atoms with van der Waals surface area (Å²) in [6, 6.07) is 1.76. The van der Waals surface area contributed by atoms with E-state index in [0.29, 0.717) is 5.69 Å². The summed E-state index contributed by atoms with van der Waals surface area (Å²) in [6.07, 6.45) is 0. The first-order valence-corrected chi connectivity index (χ1v) is 4.32. The van der Waals surface area contributed by atoms with Gasteiger partial charge in [0.2, 0.25) is 0 Å². The average molecular weight is 177 g/mol. The Morgan fingerprint density at radius 2 is 1.69 bits per heavy atom. The Hall–Kier alpha value is -1.31. The molecule has 13 heavy (non-hydrogen) atoms. The molecule has 0 radical (unpaired) electrons. The van der Waals surface area contributed by atoms with Gasteiger partial charge in [0.1, 0.15) is 0 Å². The van der Waals surface area contributed by atoms with Crippen molar-refractivity contribution in [3.63, 3.8) is 0 Å². The van der Waals surface area contributed by atoms with Crippen molar-refractivity contribution in [1.82, 2.24) is 0 Å². The lowest BCUT2D eigenvalue weighted by Gasteiger charge is -2.11. The summed E-state index contributed by atoms with van der Waals surface area (Å²) in [6.45, 7) is 7.49. The standard InChI is InChI=1S/C11H15NO/c1-6-7(2)10(9(4)13)5-11(12)8(6)3/h5H,12H2,1-4H3. The predicted octanol–water partition coefficient (Wildman–Crippen LogP) is 2.40. The molecule has 70 valence electrons. The first-order valence-electron chi connectivity index (χ1n) is 4.32. The molecule has 2 N–H and O–H groups in total. The summed E-state index contributed by atoms with van der Waals surface area (Å²) < 4.78 is 0. The topological polar surface area (TPSA) is 43.1 Å². The molecule has 1 aromatic carbocycles. The molecule has 0 aromatic heterocycles. The minimum absolute atomic E-state index is 0.0762. The van der Waals surface area contributed by atoms with Crippen molar-refractivity contribution in [3.8, 4) is 0 Å². The SMILES string of the molecule is CC(=O)c1cc(N)c(C)c(C)c1C. The minimum atomic E-state index is 0.0762. The van der Waals surface area contributed by atoms with E-state index in [2.05, 4.69) is 0 Å². The molecule has 0 atom stereocenters. The minimum Gasteiger partial charge on any atom is -0.398 e. The number of rotatable bonds is 1. The van der Waals surface area contributed by atoms with Crippen LogP contribution in [0.3, 0.4) is 0 Å². The summed E-state index contributed by atoms with van der Waals surface area (Å²) in [5.74, 6) is 0.0762. The molecule has 2 heteroatoms. The third-order valence-electron chi connectivity index (χ3n) is 2.64. The van der Waals surface area contributed by atoms with Gasteiger partial charge in [-0.1, -0.05) is 0 Å². The fourth-order valence-corrected chi connectivity index (χ4v) is 1.44. The highest BCUT2D eigenvalue weighted by molar-refractivity contribution is 5.97. The Morgan fingerprint density at radius 1 is 1.15 bits per heavy atom. The van der Waals surface area contributed by atoms with Gasteiger partial charge in [-0.05, 0) is 50.5 Å². The smallest absolute Gasteiger partial charge is 0.160 e. The van der Waals surface area contributed by atoms with Gasteiger partial charge in [-0.15, -0.1) is 0 Å². The largest absolute Gasteiger partial charge is 0.398 e. The van der Waals surface area contributed by atoms with Crippen molar-refractivity contribution in [3.05, 3.63) is 28.3 Å². The fourth-order valence-electron chi connectivity index (χ4n) is 1.44. The molecule has 0 aliphatic carbocycles. The van der Waals surface area contributed by atoms with Crippen molar-refractivity contribution >= 4 is 11.5 Å². The Kier molecular flexibility index (Phi) is 2.41. The zero-order valence-electron chi connectivity index (χ0n) is 8.56. The van der Waals surface area contributed by atoms with E-state index in [4.69, 9.17) is 5.73 Å². The van der Waals surface area contributed by atoms with Crippen LogP contribution >= 0.6 is 0 Å². The van der Waals surface area contributed by atoms with Gasteiger partial charge in [-0.3, -0.25) is 4.79 Å². The number of nitrogens with two attached hydrogens (primary N) is 1. The van der Waals surface area contributed by atoms with Gasteiger partial charge in [0.05, 0.1) is 0 Å². The van der Waals surface area contributed by atoms with E-state index in [1.54, 1.807) is 13.0 Å². The summed E-state index contributed by atoms with van der Waals surface area (Å²) in [5.41, 5.74) is 10.4. The van der Waals surface area contributed by atoms with Gasteiger partial charge in [0.25, 0.3) is 0 Å². The molecule has 0 spiro atoms. The van der Waals surface area contributed by atoms with E-state index in [9.17, 15) is 4.79 Å². The zero-order valence-corrected chi connectivity index (χ0v) is 8.56. The van der Waals surface area contributed by atoms with Gasteiger partial charge >= 0.3 is 0 Å². The highest BCUT2D eigenvalue weighted by atomic mass is 16.1. The fraction of sp³-hybridized carbons (Fsp3) is 0.364. The third kappa shape index (κ3) is 1.57. The lowest BCUT2D eigenvalue weighted by molar-refractivity contribution is 0.101. The average Bonchev–Trinajstić information content (AvgIpc) is 2.07. The zero-order chi connectivity index (χ0) is 10.2. The third-order valence-corrected chi connectivity index (χ3v) is 2.64. The highest BCUT2D eigenvalue weighted by Crippen LogP contribution is 2.23. The first kappa shape index (κ1) is 9.78. The summed E-state index contributed by atoms with van der Waals surface area (Å²) in [4.78, 5) is 11.2. The second-order valence-electron chi connectivity index (χ2n) is 3.44. The van der Waals surface area contributed by atoms with Gasteiger partial charge in [0.15, 0.2) is 5.78 Å². The van der Waals surface area contributed by atoms with Crippen LogP contribution in [0.15, 0.2) is 6.07 Å². The van der Waals surface area contributed by atoms with Crippen LogP contribution in [0.25, 0.3) is 0 Å². The number of hydrogen-bond donors (Lipinski definition) is 1. The van der Waals surface area contributed by atoms with Gasteiger partial charge in [-0.2, -0.15) is 0 Å². The van der Waals surface area contributed by atoms with Crippen LogP contribution in [-0.2, 0) is 0 Å². The molecule has 0 bridgehead atoms. The molecule has 0 aliphatic heterocycles. The molecule has 0 aliphatic rings. The lowest BCUT2D eigenvalue weighted by atomic mass is 9.95. The van der Waals surface area contributed by atoms with Gasteiger partial charge in [0, 0.05) is 11.3 Å². The number of Topliss-reactive ketones (excluding diaryl/α,β-unsaturated/α-hetero) is 1. The van der Waals surface area contributed by atoms with E-state index in [-0.39, 0.29) is 5.78 Å². The molecular weight excluding hydrogens is 162 g/mol. The predicted molar refractivity (Wildman–Crippen MR) is 55.1 cm³/mol. The molecule has 0 saturated carbocycles. The number of benzene rings is 1. The lowest BCUT2D eigenvalue weighted by Crippen LogP contribution is -2.03. The molecular formula is C11H15NO. The maximum absolute atomic E-state index is 11.2. The van der Waals surface area contributed by atoms with Crippen LogP contribution in [-0.4, -0.2) is 5.78 Å². The molecule has 1 rings (SSSR count). The molecule has 0 unspecified atom stereocenters. The second-order valence-corrected chi connectivity index (χ2v) is 3.44. The van der Waals surface area contributed by atoms with E-state index in [1.165, 1.54) is 0 Å². The molecule has 2 nitrogen and oxygen atoms in total. The molecule has 0 saturated heterocycles. The Balaban J connectivity index is 3.50. The Bertz CT molecular complexity index is 367. The van der Waals surface area contributed by atoms with Crippen molar-refractivity contribution in [2.75, 3.05) is 5.73 Å². The number of nitrogen functional groups attached to an aromatic ring is 1. The van der Waals surface area contributed by atoms with Crippen LogP contribution in [0.2, 0.25) is 0 Å². The van der Waals surface area contributed by atoms with Crippen molar-refractivity contribution in [2.45, 2.75) is 27.7 Å². The van der Waals surface area contributed by atoms with E-state index in [0.717, 1.165) is 22.3 Å². The van der Waals surface area contributed by atoms with Crippen LogP contribution < -0.4 is 5.73 Å². The van der Waals surface area contributed by atoms with Crippen LogP contribution in [0.5, 0.6) is 0 Å². The van der Waals surface area contributed by atoms with Crippen LogP contribution in [0.4, 0.5) is 5.69 Å². The van der Waals surface area contributed by atoms with E-state index < -0.39 is 0 Å². The number of anilines is 1. The first-order chi connectivity index (χ1) is 5.95. The molecule has 0 fully saturated rings. The maximum Gasteiger partial charge on any atom is 0.160 e. The second kappa shape index (κ2) is 3.21. The van der Waals surface area contributed by atoms with E-state index >= 15 is 0 Å². The van der Waals surface area contributed by atoms with E-state index in [1.807, 2.05) is 20.8 Å². The summed E-state index contributed by atoms with van der Waals surface area (Å²) in [7, 11) is 0. The van der Waals surface area contributed by atoms with Crippen molar-refractivity contribution < 1.29 is 4.79 Å². The number of ketones is 1. The monoisotopic (exact) mass is 177 g/mol. The summed E-state index contributed by atoms with van der Waals surface area (Å²) in [5, 5.41) is 0. The molecule has 0 heterocycles. The van der Waals surface area contributed by atoms with Crippen LogP contribution in [0, 0.1) is 20.8 Å². The van der Waals surface area contributed by atoms with Crippen molar-refractivity contribution in [2.24, 2.45) is 0 Å². The van der Waals surface area contributed by atoms with Gasteiger partial charge in [-0.25, -0.2) is 0 Å². The quantitative estimate of drug-likeness (QED) is 0.528. The summed E-state index contributed by atoms with van der Waals surface area (Å²) >= 11 is 0. The molecule has 0 amide bonds. The maximum atomic E-state index is 11.2. The van der Waals surface area contributed by atoms with Crippen molar-refractivity contribution in [1.29, 1.82) is 0 Å². The van der Waals surface area contributed by atoms with Crippen LogP contribution in [0.1, 0.15) is 34.0 Å². The Morgan fingerprint density at radius 3 is 2.15 bits per heavy atom. The number of carbonyl (C=O) groups is 1. The highest BCUT2D eigenvalue weighted by Gasteiger charge is 2.10. The van der Waals surface area contributed by atoms with Gasteiger partial charge < -0.3 is 5.73 Å². The molecule has 1 aromatic rings. The normalized spacial score (nSPS) is 10.2. The Labute approximate surface area is 78.8 Å². The number of carbonyl (C=O) groups excluding carboxylic acids is 1.